The van der Waals surface area contributed by atoms with Gasteiger partial charge in [0, 0.05) is 52.5 Å². The topological polar surface area (TPSA) is 58.1 Å². The van der Waals surface area contributed by atoms with Gasteiger partial charge < -0.3 is 21.4 Å². The first-order valence-corrected chi connectivity index (χ1v) is 10.8. The van der Waals surface area contributed by atoms with Crippen LogP contribution in [0.1, 0.15) is 57.4 Å². The predicted octanol–water partition coefficient (Wildman–Crippen LogP) is 5.04. The van der Waals surface area contributed by atoms with Gasteiger partial charge in [0.25, 0.3) is 0 Å². The van der Waals surface area contributed by atoms with E-state index in [9.17, 15) is 4.79 Å². The fraction of sp³-hybridized carbons (Fsp3) is 0.500. The van der Waals surface area contributed by atoms with Gasteiger partial charge >= 0.3 is 0 Å². The third-order valence-corrected chi connectivity index (χ3v) is 5.66. The number of benzene rings is 1. The molecule has 30 heavy (non-hydrogen) atoms. The summed E-state index contributed by atoms with van der Waals surface area (Å²) in [6, 6.07) is 12.0. The third-order valence-electron chi connectivity index (χ3n) is 5.66. The number of hydrogen-bond acceptors (Lipinski definition) is 5. The standard InChI is InChI=1S/C24H33N4O.Y/c1-3-10-22(29)21(17-19-11-6-4-7-12-19)26-23-15-16-25-24(27-23)28(2)18-20-13-8-5-9-14-20;/h3,5,8-9,13-16,19,21H,4,6-7,10-12,17-18H2,1-2H3,(H,25,26,27);/q-1;/t21-;/m0./s1. The average molecular weight is 482 g/mol. The molecule has 0 aliphatic heterocycles. The molecule has 2 aromatic rings. The first-order valence-electron chi connectivity index (χ1n) is 10.8. The maximum atomic E-state index is 12.7. The van der Waals surface area contributed by atoms with Crippen LogP contribution in [-0.2, 0) is 44.0 Å². The van der Waals surface area contributed by atoms with Crippen LogP contribution in [-0.4, -0.2) is 28.8 Å². The van der Waals surface area contributed by atoms with Crippen molar-refractivity contribution in [3.8, 4) is 0 Å². The number of nitrogens with one attached hydrogen (secondary N) is 1. The number of nitrogens with zero attached hydrogens (tertiary/aromatic N) is 3. The van der Waals surface area contributed by atoms with Gasteiger partial charge in [-0.1, -0.05) is 62.4 Å². The van der Waals surface area contributed by atoms with Crippen LogP contribution in [0.15, 0.2) is 42.6 Å². The largest absolute Gasteiger partial charge is 0.360 e. The maximum absolute atomic E-state index is 12.7. The van der Waals surface area contributed by atoms with Crippen LogP contribution in [0, 0.1) is 12.3 Å². The minimum Gasteiger partial charge on any atom is -0.360 e. The second kappa shape index (κ2) is 13.2. The molecule has 0 bridgehead atoms. The van der Waals surface area contributed by atoms with Crippen LogP contribution in [0.2, 0.25) is 0 Å². The number of Topliss-reactive ketones (excluding diaryl/α,β-unsaturated/α-hetero) is 1. The molecule has 1 saturated carbocycles. The molecule has 0 spiro atoms. The monoisotopic (exact) mass is 482 g/mol. The van der Waals surface area contributed by atoms with Crippen LogP contribution in [0.3, 0.4) is 0 Å². The van der Waals surface area contributed by atoms with Gasteiger partial charge in [0.1, 0.15) is 11.6 Å². The quantitative estimate of drug-likeness (QED) is 0.481. The van der Waals surface area contributed by atoms with Crippen molar-refractivity contribution in [3.63, 3.8) is 0 Å². The second-order valence-corrected chi connectivity index (χ2v) is 8.10. The average Bonchev–Trinajstić information content (AvgIpc) is 2.75. The van der Waals surface area contributed by atoms with E-state index in [1.165, 1.54) is 37.7 Å². The van der Waals surface area contributed by atoms with Gasteiger partial charge in [-0.2, -0.15) is 11.9 Å². The van der Waals surface area contributed by atoms with Crippen molar-refractivity contribution < 1.29 is 37.5 Å². The summed E-state index contributed by atoms with van der Waals surface area (Å²) in [5.74, 6) is 2.25. The fourth-order valence-corrected chi connectivity index (χ4v) is 4.09. The molecule has 0 saturated heterocycles. The van der Waals surface area contributed by atoms with Crippen LogP contribution < -0.4 is 10.2 Å². The van der Waals surface area contributed by atoms with E-state index in [1.807, 2.05) is 49.6 Å². The molecular formula is C24H33N4OY-. The van der Waals surface area contributed by atoms with Gasteiger partial charge in [-0.3, -0.25) is 0 Å². The van der Waals surface area contributed by atoms with Crippen LogP contribution in [0.5, 0.6) is 0 Å². The van der Waals surface area contributed by atoms with E-state index in [1.54, 1.807) is 6.20 Å². The van der Waals surface area contributed by atoms with Gasteiger partial charge in [-0.25, -0.2) is 4.98 Å². The summed E-state index contributed by atoms with van der Waals surface area (Å²) in [5.41, 5.74) is 1.21. The van der Waals surface area contributed by atoms with Gasteiger partial charge in [-0.15, -0.1) is 6.42 Å². The smallest absolute Gasteiger partial charge is 0.227 e. The number of hydrogen-bond donors (Lipinski definition) is 1. The van der Waals surface area contributed by atoms with E-state index in [0.717, 1.165) is 18.8 Å². The van der Waals surface area contributed by atoms with E-state index in [2.05, 4.69) is 27.4 Å². The van der Waals surface area contributed by atoms with Crippen molar-refractivity contribution in [1.29, 1.82) is 0 Å². The van der Waals surface area contributed by atoms with Crippen molar-refractivity contribution in [2.45, 2.75) is 64.5 Å². The molecule has 0 amide bonds. The third kappa shape index (κ3) is 7.74. The van der Waals surface area contributed by atoms with Crippen molar-refractivity contribution in [1.82, 2.24) is 9.97 Å². The first kappa shape index (κ1) is 24.9. The molecule has 1 atom stereocenters. The molecule has 159 valence electrons. The summed E-state index contributed by atoms with van der Waals surface area (Å²) in [4.78, 5) is 23.9. The molecule has 1 aliphatic carbocycles. The van der Waals surface area contributed by atoms with E-state index in [0.29, 0.717) is 18.3 Å². The molecule has 1 N–H and O–H groups in total. The van der Waals surface area contributed by atoms with Crippen molar-refractivity contribution in [2.24, 2.45) is 5.92 Å². The number of rotatable bonds is 10. The van der Waals surface area contributed by atoms with Gasteiger partial charge in [0.05, 0.1) is 6.04 Å². The summed E-state index contributed by atoms with van der Waals surface area (Å²) in [6.07, 6.45) is 11.5. The Hall–Kier alpha value is -1.33. The van der Waals surface area contributed by atoms with Crippen molar-refractivity contribution >= 4 is 17.5 Å². The molecule has 0 unspecified atom stereocenters. The number of carbonyl (C=O) groups excluding carboxylic acids is 1. The molecule has 6 heteroatoms. The Morgan fingerprint density at radius 3 is 2.63 bits per heavy atom. The van der Waals surface area contributed by atoms with Crippen LogP contribution in [0.4, 0.5) is 11.8 Å². The normalized spacial score (nSPS) is 15.1. The molecule has 5 nitrogen and oxygen atoms in total. The summed E-state index contributed by atoms with van der Waals surface area (Å²) < 4.78 is 0. The Morgan fingerprint density at radius 2 is 1.93 bits per heavy atom. The molecule has 1 aromatic carbocycles. The zero-order valence-corrected chi connectivity index (χ0v) is 21.1. The minimum absolute atomic E-state index is 0. The molecule has 1 fully saturated rings. The van der Waals surface area contributed by atoms with E-state index in [-0.39, 0.29) is 44.5 Å². The second-order valence-electron chi connectivity index (χ2n) is 8.10. The van der Waals surface area contributed by atoms with E-state index < -0.39 is 0 Å². The predicted molar refractivity (Wildman–Crippen MR) is 119 cm³/mol. The Labute approximate surface area is 206 Å². The molecule has 1 heterocycles. The van der Waals surface area contributed by atoms with Crippen molar-refractivity contribution in [2.75, 3.05) is 17.3 Å². The van der Waals surface area contributed by atoms with E-state index >= 15 is 0 Å². The fourth-order valence-electron chi connectivity index (χ4n) is 4.09. The summed E-state index contributed by atoms with van der Waals surface area (Å²) in [5, 5.41) is 3.42. The molecule has 1 aliphatic rings. The molecular weight excluding hydrogens is 449 g/mol. The Kier molecular flexibility index (Phi) is 10.9. The summed E-state index contributed by atoms with van der Waals surface area (Å²) >= 11 is 0. The maximum Gasteiger partial charge on any atom is 0.227 e. The Morgan fingerprint density at radius 1 is 1.20 bits per heavy atom. The SMILES string of the molecule is C[CH-]CC(=O)[C@H](CC1CCCCC1)Nc1ccnc(N(C)Cc2ccccc2)n1.[Y]. The van der Waals surface area contributed by atoms with Gasteiger partial charge in [-0.05, 0) is 24.0 Å². The Balaban J connectivity index is 0.00000320. The minimum atomic E-state index is -0.184. The summed E-state index contributed by atoms with van der Waals surface area (Å²) in [6.45, 7) is 2.68. The molecule has 3 rings (SSSR count). The van der Waals surface area contributed by atoms with Gasteiger partial charge in [0.15, 0.2) is 0 Å². The summed E-state index contributed by atoms with van der Waals surface area (Å²) in [7, 11) is 1.99. The first-order chi connectivity index (χ1) is 14.2. The van der Waals surface area contributed by atoms with Crippen molar-refractivity contribution in [3.05, 3.63) is 54.6 Å². The molecule has 1 radical (unpaired) electrons. The van der Waals surface area contributed by atoms with Crippen LogP contribution in [0.25, 0.3) is 0 Å². The Bertz CT molecular complexity index is 765. The number of carbonyl (C=O) groups is 1. The van der Waals surface area contributed by atoms with Gasteiger partial charge in [0.2, 0.25) is 5.95 Å². The number of aromatic nitrogens is 2. The van der Waals surface area contributed by atoms with Crippen LogP contribution >= 0.6 is 0 Å². The zero-order valence-electron chi connectivity index (χ0n) is 18.3. The molecule has 1 aromatic heterocycles. The zero-order chi connectivity index (χ0) is 20.5. The number of anilines is 2. The van der Waals surface area contributed by atoms with E-state index in [4.69, 9.17) is 0 Å². The number of ketones is 1.